The van der Waals surface area contributed by atoms with Gasteiger partial charge in [0.25, 0.3) is 5.91 Å². The van der Waals surface area contributed by atoms with E-state index in [0.29, 0.717) is 30.1 Å². The second kappa shape index (κ2) is 10.2. The standard InChI is InChI=1S/C20H31N3O2/c1-3-7-19(24)22-18-10-5-9-17(13-18)20(25)21-14-16-8-6-12-23(15-16)11-4-2/h5,9-10,13,16H,3-4,6-8,11-12,14-15H2,1-2H3,(H,21,25)(H,22,24)/t16-/m0/s1. The van der Waals surface area contributed by atoms with Gasteiger partial charge >= 0.3 is 0 Å². The largest absolute Gasteiger partial charge is 0.352 e. The van der Waals surface area contributed by atoms with Gasteiger partial charge in [0.05, 0.1) is 0 Å². The van der Waals surface area contributed by atoms with Gasteiger partial charge in [0.15, 0.2) is 0 Å². The van der Waals surface area contributed by atoms with Crippen LogP contribution in [0.25, 0.3) is 0 Å². The van der Waals surface area contributed by atoms with Crippen molar-refractivity contribution in [3.63, 3.8) is 0 Å². The van der Waals surface area contributed by atoms with Gasteiger partial charge in [-0.3, -0.25) is 9.59 Å². The van der Waals surface area contributed by atoms with Crippen LogP contribution in [0.1, 0.15) is 56.3 Å². The van der Waals surface area contributed by atoms with Crippen molar-refractivity contribution in [2.24, 2.45) is 5.92 Å². The van der Waals surface area contributed by atoms with Gasteiger partial charge in [-0.25, -0.2) is 0 Å². The lowest BCUT2D eigenvalue weighted by Gasteiger charge is -2.32. The summed E-state index contributed by atoms with van der Waals surface area (Å²) in [5, 5.41) is 5.90. The molecule has 1 atom stereocenters. The Balaban J connectivity index is 1.85. The average Bonchev–Trinajstić information content (AvgIpc) is 2.61. The molecular weight excluding hydrogens is 314 g/mol. The third kappa shape index (κ3) is 6.50. The summed E-state index contributed by atoms with van der Waals surface area (Å²) in [7, 11) is 0. The SMILES string of the molecule is CCCC(=O)Nc1cccc(C(=O)NC[C@@H]2CCCN(CCC)C2)c1. The molecule has 1 aliphatic rings. The summed E-state index contributed by atoms with van der Waals surface area (Å²) >= 11 is 0. The Labute approximate surface area is 151 Å². The molecule has 138 valence electrons. The van der Waals surface area contributed by atoms with Gasteiger partial charge in [-0.15, -0.1) is 0 Å². The number of anilines is 1. The number of nitrogens with zero attached hydrogens (tertiary/aromatic N) is 1. The normalized spacial score (nSPS) is 17.9. The van der Waals surface area contributed by atoms with E-state index in [2.05, 4.69) is 22.5 Å². The van der Waals surface area contributed by atoms with Crippen LogP contribution in [0.3, 0.4) is 0 Å². The van der Waals surface area contributed by atoms with E-state index in [9.17, 15) is 9.59 Å². The molecule has 1 fully saturated rings. The quantitative estimate of drug-likeness (QED) is 0.760. The van der Waals surface area contributed by atoms with Gasteiger partial charge in [0.2, 0.25) is 5.91 Å². The number of hydrogen-bond acceptors (Lipinski definition) is 3. The molecule has 5 nitrogen and oxygen atoms in total. The zero-order valence-corrected chi connectivity index (χ0v) is 15.5. The molecule has 1 saturated heterocycles. The minimum atomic E-state index is -0.0702. The van der Waals surface area contributed by atoms with Crippen molar-refractivity contribution >= 4 is 17.5 Å². The first kappa shape index (κ1) is 19.4. The van der Waals surface area contributed by atoms with Crippen LogP contribution in [0.4, 0.5) is 5.69 Å². The summed E-state index contributed by atoms with van der Waals surface area (Å²) in [6.07, 6.45) is 4.86. The van der Waals surface area contributed by atoms with E-state index in [1.165, 1.54) is 25.8 Å². The van der Waals surface area contributed by atoms with Crippen molar-refractivity contribution in [1.82, 2.24) is 10.2 Å². The van der Waals surface area contributed by atoms with Crippen molar-refractivity contribution in [1.29, 1.82) is 0 Å². The number of nitrogens with one attached hydrogen (secondary N) is 2. The highest BCUT2D eigenvalue weighted by Crippen LogP contribution is 2.16. The molecule has 1 aromatic carbocycles. The number of benzene rings is 1. The summed E-state index contributed by atoms with van der Waals surface area (Å²) in [6, 6.07) is 7.15. The minimum absolute atomic E-state index is 0.0155. The van der Waals surface area contributed by atoms with Crippen LogP contribution in [0.15, 0.2) is 24.3 Å². The summed E-state index contributed by atoms with van der Waals surface area (Å²) < 4.78 is 0. The molecular formula is C20H31N3O2. The second-order valence-electron chi connectivity index (χ2n) is 6.90. The number of carbonyl (C=O) groups excluding carboxylic acids is 2. The monoisotopic (exact) mass is 345 g/mol. The molecule has 0 spiro atoms. The van der Waals surface area contributed by atoms with Crippen LogP contribution in [0.2, 0.25) is 0 Å². The molecule has 0 aliphatic carbocycles. The topological polar surface area (TPSA) is 61.4 Å². The van der Waals surface area contributed by atoms with Crippen molar-refractivity contribution in [3.8, 4) is 0 Å². The van der Waals surface area contributed by atoms with Gasteiger partial charge in [0, 0.05) is 30.8 Å². The van der Waals surface area contributed by atoms with E-state index in [1.807, 2.05) is 13.0 Å². The Hall–Kier alpha value is -1.88. The van der Waals surface area contributed by atoms with E-state index >= 15 is 0 Å². The van der Waals surface area contributed by atoms with E-state index < -0.39 is 0 Å². The van der Waals surface area contributed by atoms with Crippen LogP contribution >= 0.6 is 0 Å². The van der Waals surface area contributed by atoms with E-state index in [0.717, 1.165) is 19.5 Å². The first-order valence-corrected chi connectivity index (χ1v) is 9.52. The van der Waals surface area contributed by atoms with E-state index in [-0.39, 0.29) is 11.8 Å². The lowest BCUT2D eigenvalue weighted by atomic mass is 9.97. The lowest BCUT2D eigenvalue weighted by molar-refractivity contribution is -0.116. The molecule has 1 heterocycles. The molecule has 0 bridgehead atoms. The van der Waals surface area contributed by atoms with Crippen LogP contribution in [0.5, 0.6) is 0 Å². The average molecular weight is 345 g/mol. The van der Waals surface area contributed by atoms with Crippen LogP contribution in [-0.2, 0) is 4.79 Å². The van der Waals surface area contributed by atoms with Crippen molar-refractivity contribution < 1.29 is 9.59 Å². The first-order valence-electron chi connectivity index (χ1n) is 9.52. The summed E-state index contributed by atoms with van der Waals surface area (Å²) in [5.41, 5.74) is 1.27. The van der Waals surface area contributed by atoms with Gasteiger partial charge in [-0.05, 0) is 62.9 Å². The van der Waals surface area contributed by atoms with Crippen molar-refractivity contribution in [2.75, 3.05) is 31.5 Å². The smallest absolute Gasteiger partial charge is 0.251 e. The van der Waals surface area contributed by atoms with Crippen LogP contribution < -0.4 is 10.6 Å². The molecule has 2 N–H and O–H groups in total. The fraction of sp³-hybridized carbons (Fsp3) is 0.600. The summed E-state index contributed by atoms with van der Waals surface area (Å²) in [6.45, 7) is 8.28. The Morgan fingerprint density at radius 3 is 2.84 bits per heavy atom. The predicted octanol–water partition coefficient (Wildman–Crippen LogP) is 3.28. The molecule has 2 amide bonds. The number of carbonyl (C=O) groups is 2. The first-order chi connectivity index (χ1) is 12.1. The molecule has 0 aromatic heterocycles. The fourth-order valence-corrected chi connectivity index (χ4v) is 3.37. The summed E-state index contributed by atoms with van der Waals surface area (Å²) in [5.74, 6) is 0.439. The van der Waals surface area contributed by atoms with Crippen molar-refractivity contribution in [2.45, 2.75) is 46.0 Å². The number of likely N-dealkylation sites (tertiary alicyclic amines) is 1. The third-order valence-corrected chi connectivity index (χ3v) is 4.58. The van der Waals surface area contributed by atoms with Crippen LogP contribution in [-0.4, -0.2) is 42.9 Å². The number of rotatable bonds is 8. The lowest BCUT2D eigenvalue weighted by Crippen LogP contribution is -2.41. The molecule has 0 radical (unpaired) electrons. The maximum Gasteiger partial charge on any atom is 0.251 e. The highest BCUT2D eigenvalue weighted by molar-refractivity contribution is 5.97. The number of hydrogen-bond donors (Lipinski definition) is 2. The Morgan fingerprint density at radius 2 is 2.08 bits per heavy atom. The maximum absolute atomic E-state index is 12.4. The molecule has 0 unspecified atom stereocenters. The fourth-order valence-electron chi connectivity index (χ4n) is 3.37. The molecule has 1 aromatic rings. The van der Waals surface area contributed by atoms with Crippen LogP contribution in [0, 0.1) is 5.92 Å². The van der Waals surface area contributed by atoms with Gasteiger partial charge < -0.3 is 15.5 Å². The van der Waals surface area contributed by atoms with Gasteiger partial charge in [0.1, 0.15) is 0 Å². The zero-order valence-electron chi connectivity index (χ0n) is 15.5. The second-order valence-corrected chi connectivity index (χ2v) is 6.90. The number of piperidine rings is 1. The Kier molecular flexibility index (Phi) is 7.92. The third-order valence-electron chi connectivity index (χ3n) is 4.58. The van der Waals surface area contributed by atoms with E-state index in [1.54, 1.807) is 18.2 Å². The summed E-state index contributed by atoms with van der Waals surface area (Å²) in [4.78, 5) is 26.6. The maximum atomic E-state index is 12.4. The predicted molar refractivity (Wildman–Crippen MR) is 102 cm³/mol. The minimum Gasteiger partial charge on any atom is -0.352 e. The molecule has 1 aliphatic heterocycles. The molecule has 5 heteroatoms. The van der Waals surface area contributed by atoms with E-state index in [4.69, 9.17) is 0 Å². The van der Waals surface area contributed by atoms with Gasteiger partial charge in [-0.1, -0.05) is 19.9 Å². The Bertz CT molecular complexity index is 572. The molecule has 0 saturated carbocycles. The number of amides is 2. The van der Waals surface area contributed by atoms with Crippen molar-refractivity contribution in [3.05, 3.63) is 29.8 Å². The molecule has 2 rings (SSSR count). The van der Waals surface area contributed by atoms with Gasteiger partial charge in [-0.2, -0.15) is 0 Å². The Morgan fingerprint density at radius 1 is 1.24 bits per heavy atom. The zero-order chi connectivity index (χ0) is 18.1. The molecule has 25 heavy (non-hydrogen) atoms. The highest BCUT2D eigenvalue weighted by atomic mass is 16.2. The highest BCUT2D eigenvalue weighted by Gasteiger charge is 2.20.